The van der Waals surface area contributed by atoms with Crippen molar-refractivity contribution >= 4 is 34.9 Å². The highest BCUT2D eigenvalue weighted by atomic mass is 35.5. The largest absolute Gasteiger partial charge is 0.492 e. The number of hydrazone groups is 1. The van der Waals surface area contributed by atoms with E-state index < -0.39 is 0 Å². The Balaban J connectivity index is 1.73. The highest BCUT2D eigenvalue weighted by molar-refractivity contribution is 6.32. The van der Waals surface area contributed by atoms with E-state index in [0.717, 1.165) is 0 Å². The van der Waals surface area contributed by atoms with E-state index in [1.165, 1.54) is 11.1 Å². The van der Waals surface area contributed by atoms with Crippen LogP contribution in [-0.4, -0.2) is 24.3 Å². The van der Waals surface area contributed by atoms with E-state index in [-0.39, 0.29) is 18.2 Å². The molecule has 1 heterocycles. The molecule has 1 N–H and O–H groups in total. The van der Waals surface area contributed by atoms with Gasteiger partial charge >= 0.3 is 0 Å². The van der Waals surface area contributed by atoms with Gasteiger partial charge in [0.25, 0.3) is 11.8 Å². The summed E-state index contributed by atoms with van der Waals surface area (Å²) in [4.78, 5) is 24.4. The summed E-state index contributed by atoms with van der Waals surface area (Å²) in [6.45, 7) is 2.34. The molecular weight excluding hydrogens is 342 g/mol. The van der Waals surface area contributed by atoms with E-state index in [4.69, 9.17) is 16.3 Å². The second kappa shape index (κ2) is 7.36. The van der Waals surface area contributed by atoms with Gasteiger partial charge in [-0.2, -0.15) is 10.1 Å². The Morgan fingerprint density at radius 1 is 1.28 bits per heavy atom. The average Bonchev–Trinajstić information content (AvgIpc) is 2.98. The van der Waals surface area contributed by atoms with E-state index in [9.17, 15) is 9.59 Å². The van der Waals surface area contributed by atoms with Crippen molar-refractivity contribution in [3.8, 4) is 5.75 Å². The molecule has 0 aliphatic carbocycles. The van der Waals surface area contributed by atoms with Crippen LogP contribution in [0.25, 0.3) is 0 Å². The molecule has 0 unspecified atom stereocenters. The first-order chi connectivity index (χ1) is 12.1. The van der Waals surface area contributed by atoms with Gasteiger partial charge in [0.15, 0.2) is 0 Å². The number of hydrogen-bond acceptors (Lipinski definition) is 4. The van der Waals surface area contributed by atoms with E-state index in [2.05, 4.69) is 10.4 Å². The SMILES string of the molecule is CCOc1ccc(C(=O)NC2=NN(c3ccccc3)C(=O)C2)cc1Cl. The van der Waals surface area contributed by atoms with E-state index in [1.54, 1.807) is 24.3 Å². The molecule has 0 atom stereocenters. The third-order valence-electron chi connectivity index (χ3n) is 3.53. The van der Waals surface area contributed by atoms with E-state index in [1.807, 2.05) is 25.1 Å². The second-order valence-electron chi connectivity index (χ2n) is 5.30. The number of ether oxygens (including phenoxy) is 1. The smallest absolute Gasteiger partial charge is 0.256 e. The highest BCUT2D eigenvalue weighted by Crippen LogP contribution is 2.25. The van der Waals surface area contributed by atoms with Gasteiger partial charge < -0.3 is 10.1 Å². The summed E-state index contributed by atoms with van der Waals surface area (Å²) < 4.78 is 5.34. The molecule has 0 spiro atoms. The summed E-state index contributed by atoms with van der Waals surface area (Å²) in [6.07, 6.45) is 0.0331. The van der Waals surface area contributed by atoms with Crippen molar-refractivity contribution in [1.29, 1.82) is 0 Å². The Morgan fingerprint density at radius 2 is 2.04 bits per heavy atom. The summed E-state index contributed by atoms with van der Waals surface area (Å²) in [7, 11) is 0. The lowest BCUT2D eigenvalue weighted by molar-refractivity contribution is -0.116. The van der Waals surface area contributed by atoms with Crippen molar-refractivity contribution < 1.29 is 14.3 Å². The van der Waals surface area contributed by atoms with Crippen molar-refractivity contribution in [3.63, 3.8) is 0 Å². The predicted octanol–water partition coefficient (Wildman–Crippen LogP) is 3.22. The minimum absolute atomic E-state index is 0.0331. The number of nitrogens with one attached hydrogen (secondary N) is 1. The Morgan fingerprint density at radius 3 is 2.72 bits per heavy atom. The Bertz CT molecular complexity index is 837. The summed E-state index contributed by atoms with van der Waals surface area (Å²) in [6, 6.07) is 13.8. The first-order valence-electron chi connectivity index (χ1n) is 7.77. The normalized spacial score (nSPS) is 13.6. The molecule has 1 aliphatic heterocycles. The van der Waals surface area contributed by atoms with Crippen LogP contribution < -0.4 is 15.1 Å². The van der Waals surface area contributed by atoms with E-state index in [0.29, 0.717) is 34.5 Å². The zero-order chi connectivity index (χ0) is 17.8. The molecule has 0 bridgehead atoms. The number of halogens is 1. The molecule has 2 amide bonds. The lowest BCUT2D eigenvalue weighted by Crippen LogP contribution is -2.29. The van der Waals surface area contributed by atoms with Crippen LogP contribution in [-0.2, 0) is 4.79 Å². The third kappa shape index (κ3) is 3.80. The van der Waals surface area contributed by atoms with Crippen molar-refractivity contribution in [1.82, 2.24) is 5.32 Å². The Labute approximate surface area is 150 Å². The molecule has 128 valence electrons. The first kappa shape index (κ1) is 17.0. The fraction of sp³-hybridized carbons (Fsp3) is 0.167. The average molecular weight is 358 g/mol. The summed E-state index contributed by atoms with van der Waals surface area (Å²) >= 11 is 6.10. The number of nitrogens with zero attached hydrogens (tertiary/aromatic N) is 2. The molecule has 0 saturated carbocycles. The molecule has 1 aliphatic rings. The summed E-state index contributed by atoms with van der Waals surface area (Å²) in [5, 5.41) is 8.47. The van der Waals surface area contributed by atoms with Crippen molar-refractivity contribution in [2.24, 2.45) is 5.10 Å². The van der Waals surface area contributed by atoms with Gasteiger partial charge in [-0.3, -0.25) is 9.59 Å². The Hall–Kier alpha value is -2.86. The second-order valence-corrected chi connectivity index (χ2v) is 5.70. The maximum absolute atomic E-state index is 12.4. The van der Waals surface area contributed by atoms with Gasteiger partial charge in [-0.05, 0) is 37.3 Å². The predicted molar refractivity (Wildman–Crippen MR) is 96.1 cm³/mol. The maximum atomic E-state index is 12.4. The van der Waals surface area contributed by atoms with Gasteiger partial charge in [0.1, 0.15) is 11.6 Å². The number of amidine groups is 1. The van der Waals surface area contributed by atoms with Crippen LogP contribution in [0.15, 0.2) is 53.6 Å². The zero-order valence-corrected chi connectivity index (χ0v) is 14.3. The van der Waals surface area contributed by atoms with Crippen LogP contribution in [0, 0.1) is 0 Å². The molecule has 2 aromatic carbocycles. The zero-order valence-electron chi connectivity index (χ0n) is 13.5. The molecule has 0 radical (unpaired) electrons. The number of carbonyl (C=O) groups excluding carboxylic acids is 2. The van der Waals surface area contributed by atoms with Crippen molar-refractivity contribution in [3.05, 3.63) is 59.1 Å². The molecule has 6 nitrogen and oxygen atoms in total. The summed E-state index contributed by atoms with van der Waals surface area (Å²) in [5.74, 6) is 0.228. The van der Waals surface area contributed by atoms with Gasteiger partial charge in [-0.25, -0.2) is 0 Å². The number of anilines is 1. The first-order valence-corrected chi connectivity index (χ1v) is 8.15. The molecule has 0 saturated heterocycles. The topological polar surface area (TPSA) is 71.0 Å². The van der Waals surface area contributed by atoms with Gasteiger partial charge in [-0.15, -0.1) is 0 Å². The lowest BCUT2D eigenvalue weighted by atomic mass is 10.2. The van der Waals surface area contributed by atoms with Crippen LogP contribution in [0.1, 0.15) is 23.7 Å². The number of carbonyl (C=O) groups is 2. The Kier molecular flexibility index (Phi) is 5.00. The van der Waals surface area contributed by atoms with Crippen LogP contribution in [0.4, 0.5) is 5.69 Å². The minimum atomic E-state index is -0.383. The number of amides is 2. The number of para-hydroxylation sites is 1. The monoisotopic (exact) mass is 357 g/mol. The quantitative estimate of drug-likeness (QED) is 0.913. The van der Waals surface area contributed by atoms with Gasteiger partial charge in [0, 0.05) is 5.56 Å². The highest BCUT2D eigenvalue weighted by Gasteiger charge is 2.26. The molecular formula is C18H16ClN3O3. The van der Waals surface area contributed by atoms with Crippen molar-refractivity contribution in [2.75, 3.05) is 11.6 Å². The van der Waals surface area contributed by atoms with Gasteiger partial charge in [-0.1, -0.05) is 29.8 Å². The number of rotatable bonds is 4. The van der Waals surface area contributed by atoms with Crippen LogP contribution in [0.3, 0.4) is 0 Å². The number of benzene rings is 2. The minimum Gasteiger partial charge on any atom is -0.492 e. The number of hydrogen-bond donors (Lipinski definition) is 1. The van der Waals surface area contributed by atoms with Crippen LogP contribution in [0.2, 0.25) is 5.02 Å². The molecule has 0 aromatic heterocycles. The maximum Gasteiger partial charge on any atom is 0.256 e. The molecule has 25 heavy (non-hydrogen) atoms. The standard InChI is InChI=1S/C18H16ClN3O3/c1-2-25-15-9-8-12(10-14(15)19)18(24)20-16-11-17(23)22(21-16)13-6-4-3-5-7-13/h3-10H,2,11H2,1H3,(H,20,21,24). The molecule has 7 heteroatoms. The fourth-order valence-electron chi connectivity index (χ4n) is 2.39. The van der Waals surface area contributed by atoms with Crippen molar-refractivity contribution in [2.45, 2.75) is 13.3 Å². The van der Waals surface area contributed by atoms with Crippen LogP contribution >= 0.6 is 11.6 Å². The fourth-order valence-corrected chi connectivity index (χ4v) is 2.62. The van der Waals surface area contributed by atoms with Crippen LogP contribution in [0.5, 0.6) is 5.75 Å². The third-order valence-corrected chi connectivity index (χ3v) is 3.82. The van der Waals surface area contributed by atoms with Gasteiger partial charge in [0.05, 0.1) is 23.7 Å². The molecule has 0 fully saturated rings. The molecule has 3 rings (SSSR count). The summed E-state index contributed by atoms with van der Waals surface area (Å²) in [5.41, 5.74) is 1.02. The lowest BCUT2D eigenvalue weighted by Gasteiger charge is -2.10. The molecule has 2 aromatic rings. The van der Waals surface area contributed by atoms with Gasteiger partial charge in [0.2, 0.25) is 0 Å². The van der Waals surface area contributed by atoms with E-state index >= 15 is 0 Å².